The first kappa shape index (κ1) is 21.9. The fraction of sp³-hybridized carbons (Fsp3) is 0.0833. The highest BCUT2D eigenvalue weighted by atomic mass is 32.1. The molecule has 2 N–H and O–H groups in total. The normalized spacial score (nSPS) is 11.0. The monoisotopic (exact) mass is 491 g/mol. The number of thiazole rings is 2. The van der Waals surface area contributed by atoms with Crippen LogP contribution in [0, 0.1) is 5.82 Å². The van der Waals surface area contributed by atoms with Crippen molar-refractivity contribution in [2.75, 3.05) is 10.6 Å². The quantitative estimate of drug-likeness (QED) is 0.330. The largest absolute Gasteiger partial charge is 0.326 e. The number of rotatable bonds is 6. The summed E-state index contributed by atoms with van der Waals surface area (Å²) in [4.78, 5) is 33.7. The van der Waals surface area contributed by atoms with Crippen LogP contribution in [0.3, 0.4) is 0 Å². The average molecular weight is 492 g/mol. The molecule has 0 fully saturated rings. The molecule has 10 heteroatoms. The fourth-order valence-corrected chi connectivity index (χ4v) is 5.04. The van der Waals surface area contributed by atoms with Crippen LogP contribution in [0.2, 0.25) is 0 Å². The molecular formula is C24H18FN5O2S2. The van der Waals surface area contributed by atoms with Gasteiger partial charge in [0.1, 0.15) is 5.82 Å². The number of aromatic nitrogens is 3. The molecule has 5 rings (SSSR count). The standard InChI is InChI=1S/C24H18FN5O2S2/c1-14(31)26-18-8-4-16(5-9-18)21-13-33-23(27-21)29-22(32)10-19-12-34-24-28-20(11-30(19)24)15-2-6-17(25)7-3-15/h2-9,11-13H,10H2,1H3,(H,26,31)(H,27,29,32). The van der Waals surface area contributed by atoms with Crippen LogP contribution in [-0.2, 0) is 16.0 Å². The third kappa shape index (κ3) is 4.73. The molecule has 0 bridgehead atoms. The van der Waals surface area contributed by atoms with Crippen molar-refractivity contribution < 1.29 is 14.0 Å². The molecule has 3 heterocycles. The highest BCUT2D eigenvalue weighted by molar-refractivity contribution is 7.15. The Hall–Kier alpha value is -3.89. The van der Waals surface area contributed by atoms with Gasteiger partial charge < -0.3 is 10.6 Å². The molecule has 0 unspecified atom stereocenters. The predicted octanol–water partition coefficient (Wildman–Crippen LogP) is 5.47. The van der Waals surface area contributed by atoms with Crippen LogP contribution >= 0.6 is 22.7 Å². The Labute approximate surface area is 201 Å². The van der Waals surface area contributed by atoms with Crippen LogP contribution in [0.1, 0.15) is 12.6 Å². The lowest BCUT2D eigenvalue weighted by Crippen LogP contribution is -2.15. The van der Waals surface area contributed by atoms with Gasteiger partial charge in [-0.05, 0) is 36.4 Å². The zero-order valence-corrected chi connectivity index (χ0v) is 19.5. The van der Waals surface area contributed by atoms with Crippen LogP contribution < -0.4 is 10.6 Å². The van der Waals surface area contributed by atoms with E-state index in [1.54, 1.807) is 12.1 Å². The molecule has 3 aromatic heterocycles. The van der Waals surface area contributed by atoms with E-state index in [9.17, 15) is 14.0 Å². The van der Waals surface area contributed by atoms with Crippen LogP contribution in [0.15, 0.2) is 65.5 Å². The summed E-state index contributed by atoms with van der Waals surface area (Å²) in [5, 5.41) is 9.87. The van der Waals surface area contributed by atoms with Gasteiger partial charge in [-0.3, -0.25) is 14.0 Å². The topological polar surface area (TPSA) is 88.4 Å². The highest BCUT2D eigenvalue weighted by Gasteiger charge is 2.14. The van der Waals surface area contributed by atoms with Gasteiger partial charge >= 0.3 is 0 Å². The third-order valence-electron chi connectivity index (χ3n) is 5.02. The number of imidazole rings is 1. The van der Waals surface area contributed by atoms with Crippen LogP contribution in [0.25, 0.3) is 27.5 Å². The molecule has 170 valence electrons. The summed E-state index contributed by atoms with van der Waals surface area (Å²) in [5.74, 6) is -0.607. The van der Waals surface area contributed by atoms with Gasteiger partial charge in [-0.15, -0.1) is 22.7 Å². The van der Waals surface area contributed by atoms with Gasteiger partial charge in [-0.2, -0.15) is 0 Å². The maximum absolute atomic E-state index is 13.2. The number of hydrogen-bond acceptors (Lipinski definition) is 6. The van der Waals surface area contributed by atoms with E-state index in [0.717, 1.165) is 33.2 Å². The summed E-state index contributed by atoms with van der Waals surface area (Å²) < 4.78 is 15.1. The summed E-state index contributed by atoms with van der Waals surface area (Å²) in [6.45, 7) is 1.46. The number of nitrogens with zero attached hydrogens (tertiary/aromatic N) is 3. The smallest absolute Gasteiger partial charge is 0.232 e. The SMILES string of the molecule is CC(=O)Nc1ccc(-c2csc(NC(=O)Cc3csc4nc(-c5ccc(F)cc5)cn34)n2)cc1. The number of halogens is 1. The highest BCUT2D eigenvalue weighted by Crippen LogP contribution is 2.27. The second-order valence-electron chi connectivity index (χ2n) is 7.53. The fourth-order valence-electron chi connectivity index (χ4n) is 3.44. The average Bonchev–Trinajstić information content (AvgIpc) is 3.52. The lowest BCUT2D eigenvalue weighted by molar-refractivity contribution is -0.116. The zero-order valence-electron chi connectivity index (χ0n) is 17.9. The van der Waals surface area contributed by atoms with Crippen molar-refractivity contribution in [2.45, 2.75) is 13.3 Å². The molecule has 0 atom stereocenters. The lowest BCUT2D eigenvalue weighted by Gasteiger charge is -2.03. The zero-order chi connectivity index (χ0) is 23.7. The number of nitrogens with one attached hydrogen (secondary N) is 2. The van der Waals surface area contributed by atoms with Crippen LogP contribution in [0.5, 0.6) is 0 Å². The van der Waals surface area contributed by atoms with Crippen molar-refractivity contribution in [1.29, 1.82) is 0 Å². The Morgan fingerprint density at radius 3 is 2.35 bits per heavy atom. The Morgan fingerprint density at radius 1 is 0.912 bits per heavy atom. The molecule has 0 saturated heterocycles. The number of benzene rings is 2. The molecule has 0 aliphatic rings. The van der Waals surface area contributed by atoms with E-state index in [1.165, 1.54) is 41.7 Å². The van der Waals surface area contributed by atoms with E-state index in [4.69, 9.17) is 0 Å². The van der Waals surface area contributed by atoms with Crippen molar-refractivity contribution in [1.82, 2.24) is 14.4 Å². The number of anilines is 2. The van der Waals surface area contributed by atoms with Gasteiger partial charge in [0.05, 0.1) is 17.8 Å². The van der Waals surface area contributed by atoms with Crippen molar-refractivity contribution in [3.63, 3.8) is 0 Å². The first-order valence-electron chi connectivity index (χ1n) is 10.3. The van der Waals surface area contributed by atoms with Gasteiger partial charge in [0, 0.05) is 46.4 Å². The van der Waals surface area contributed by atoms with Gasteiger partial charge in [0.15, 0.2) is 10.1 Å². The molecule has 34 heavy (non-hydrogen) atoms. The molecule has 0 spiro atoms. The number of carbonyl (C=O) groups is 2. The van der Waals surface area contributed by atoms with Crippen LogP contribution in [0.4, 0.5) is 15.2 Å². The summed E-state index contributed by atoms with van der Waals surface area (Å²) in [6.07, 6.45) is 2.02. The number of carbonyl (C=O) groups excluding carboxylic acids is 2. The second kappa shape index (κ2) is 9.16. The molecule has 0 aliphatic carbocycles. The minimum absolute atomic E-state index is 0.128. The maximum Gasteiger partial charge on any atom is 0.232 e. The molecule has 2 amide bonds. The number of fused-ring (bicyclic) bond motifs is 1. The Kier molecular flexibility index (Phi) is 5.91. The van der Waals surface area contributed by atoms with E-state index in [1.807, 2.05) is 45.6 Å². The first-order valence-corrected chi connectivity index (χ1v) is 12.1. The molecule has 0 saturated carbocycles. The van der Waals surface area contributed by atoms with Crippen LogP contribution in [-0.4, -0.2) is 26.2 Å². The van der Waals surface area contributed by atoms with Crippen molar-refractivity contribution in [3.05, 3.63) is 77.0 Å². The Bertz CT molecular complexity index is 1490. The van der Waals surface area contributed by atoms with Gasteiger partial charge in [-0.1, -0.05) is 12.1 Å². The van der Waals surface area contributed by atoms with E-state index in [2.05, 4.69) is 20.6 Å². The number of hydrogen-bond donors (Lipinski definition) is 2. The number of amides is 2. The molecule has 7 nitrogen and oxygen atoms in total. The van der Waals surface area contributed by atoms with Crippen molar-refractivity contribution in [3.8, 4) is 22.5 Å². The molecular weight excluding hydrogens is 473 g/mol. The van der Waals surface area contributed by atoms with Crippen molar-refractivity contribution in [2.24, 2.45) is 0 Å². The molecule has 0 aliphatic heterocycles. The van der Waals surface area contributed by atoms with Gasteiger partial charge in [0.25, 0.3) is 0 Å². The Balaban J connectivity index is 1.26. The van der Waals surface area contributed by atoms with E-state index in [-0.39, 0.29) is 24.1 Å². The van der Waals surface area contributed by atoms with Gasteiger partial charge in [-0.25, -0.2) is 14.4 Å². The minimum atomic E-state index is -0.297. The van der Waals surface area contributed by atoms with Gasteiger partial charge in [0.2, 0.25) is 11.8 Å². The molecule has 0 radical (unpaired) electrons. The van der Waals surface area contributed by atoms with E-state index < -0.39 is 0 Å². The minimum Gasteiger partial charge on any atom is -0.326 e. The lowest BCUT2D eigenvalue weighted by atomic mass is 10.1. The third-order valence-corrected chi connectivity index (χ3v) is 6.66. The molecule has 5 aromatic rings. The van der Waals surface area contributed by atoms with E-state index >= 15 is 0 Å². The second-order valence-corrected chi connectivity index (χ2v) is 9.23. The van der Waals surface area contributed by atoms with Crippen molar-refractivity contribution >= 4 is 50.3 Å². The van der Waals surface area contributed by atoms with E-state index in [0.29, 0.717) is 10.8 Å². The summed E-state index contributed by atoms with van der Waals surface area (Å²) in [6, 6.07) is 13.5. The Morgan fingerprint density at radius 2 is 1.62 bits per heavy atom. The maximum atomic E-state index is 13.2. The molecule has 2 aromatic carbocycles. The summed E-state index contributed by atoms with van der Waals surface area (Å²) in [7, 11) is 0. The predicted molar refractivity (Wildman–Crippen MR) is 133 cm³/mol. The summed E-state index contributed by atoms with van der Waals surface area (Å²) >= 11 is 2.79. The first-order chi connectivity index (χ1) is 16.4. The summed E-state index contributed by atoms with van der Waals surface area (Å²) in [5.41, 5.74) is 4.69.